The van der Waals surface area contributed by atoms with Gasteiger partial charge in [-0.1, -0.05) is 42.5 Å². The lowest BCUT2D eigenvalue weighted by Crippen LogP contribution is -2.45. The van der Waals surface area contributed by atoms with Gasteiger partial charge in [-0.25, -0.2) is 13.4 Å². The Morgan fingerprint density at radius 3 is 2.43 bits per heavy atom. The van der Waals surface area contributed by atoms with E-state index in [2.05, 4.69) is 15.0 Å². The van der Waals surface area contributed by atoms with Gasteiger partial charge in [-0.05, 0) is 48.2 Å². The van der Waals surface area contributed by atoms with Gasteiger partial charge in [-0.15, -0.1) is 0 Å². The van der Waals surface area contributed by atoms with Gasteiger partial charge in [0.25, 0.3) is 5.91 Å². The number of aromatic nitrogens is 1. The summed E-state index contributed by atoms with van der Waals surface area (Å²) in [5, 5.41) is 12.5. The van der Waals surface area contributed by atoms with Crippen LogP contribution in [0.2, 0.25) is 0 Å². The zero-order valence-corrected chi connectivity index (χ0v) is 25.1. The molecule has 0 bridgehead atoms. The third-order valence-electron chi connectivity index (χ3n) is 7.42. The van der Waals surface area contributed by atoms with E-state index >= 15 is 0 Å². The Kier molecular flexibility index (Phi) is 10.6. The van der Waals surface area contributed by atoms with E-state index in [0.29, 0.717) is 29.1 Å². The molecular formula is C29H29F5N4O4S2. The third-order valence-corrected chi connectivity index (χ3v) is 10.2. The molecule has 1 aliphatic heterocycles. The molecule has 3 aromatic rings. The molecule has 2 aromatic carbocycles. The lowest BCUT2D eigenvalue weighted by Gasteiger charge is -2.39. The highest BCUT2D eigenvalue weighted by Gasteiger charge is 2.34. The van der Waals surface area contributed by atoms with Gasteiger partial charge < -0.3 is 15.0 Å². The quantitative estimate of drug-likeness (QED) is 0.240. The van der Waals surface area contributed by atoms with E-state index in [1.165, 1.54) is 49.5 Å². The minimum Gasteiger partial charge on any atom is -0.343 e. The zero-order valence-electron chi connectivity index (χ0n) is 23.4. The number of anilines is 1. The number of rotatable bonds is 11. The smallest absolute Gasteiger partial charge is 0.343 e. The van der Waals surface area contributed by atoms with Gasteiger partial charge in [0, 0.05) is 12.5 Å². The number of amides is 1. The van der Waals surface area contributed by atoms with E-state index in [9.17, 15) is 40.4 Å². The van der Waals surface area contributed by atoms with E-state index in [0.717, 1.165) is 23.5 Å². The van der Waals surface area contributed by atoms with Gasteiger partial charge in [0.15, 0.2) is 15.0 Å². The van der Waals surface area contributed by atoms with Crippen LogP contribution in [0.25, 0.3) is 0 Å². The number of nitrogens with one attached hydrogen (secondary N) is 1. The molecule has 8 nitrogen and oxygen atoms in total. The largest absolute Gasteiger partial charge is 0.416 e. The molecule has 1 amide bonds. The maximum Gasteiger partial charge on any atom is 0.416 e. The van der Waals surface area contributed by atoms with Crippen molar-refractivity contribution in [1.82, 2.24) is 10.3 Å². The van der Waals surface area contributed by atoms with Gasteiger partial charge in [0.2, 0.25) is 0 Å². The predicted molar refractivity (Wildman–Crippen MR) is 153 cm³/mol. The van der Waals surface area contributed by atoms with Crippen LogP contribution in [0.5, 0.6) is 0 Å². The summed E-state index contributed by atoms with van der Waals surface area (Å²) < 4.78 is 93.7. The van der Waals surface area contributed by atoms with Crippen LogP contribution in [0.15, 0.2) is 59.6 Å². The van der Waals surface area contributed by atoms with E-state index in [1.807, 2.05) is 6.07 Å². The average Bonchev–Trinajstić information content (AvgIpc) is 3.50. The Bertz CT molecular complexity index is 1570. The van der Waals surface area contributed by atoms with Crippen molar-refractivity contribution < 1.29 is 39.9 Å². The van der Waals surface area contributed by atoms with Gasteiger partial charge in [-0.2, -0.15) is 27.2 Å². The van der Waals surface area contributed by atoms with Crippen molar-refractivity contribution in [3.8, 4) is 6.07 Å². The molecule has 1 aliphatic rings. The molecule has 236 valence electrons. The van der Waals surface area contributed by atoms with Crippen LogP contribution in [-0.4, -0.2) is 50.9 Å². The number of sulfone groups is 1. The number of thiazole rings is 1. The molecule has 3 atom stereocenters. The fraction of sp³-hybridized carbons (Fsp3) is 0.414. The average molecular weight is 657 g/mol. The molecule has 0 aliphatic carbocycles. The van der Waals surface area contributed by atoms with Crippen LogP contribution in [0.1, 0.15) is 64.5 Å². The molecule has 1 N–H and O–H groups in total. The first kappa shape index (κ1) is 33.3. The highest BCUT2D eigenvalue weighted by molar-refractivity contribution is 7.91. The fourth-order valence-electron chi connectivity index (χ4n) is 4.98. The molecule has 0 unspecified atom stereocenters. The Balaban J connectivity index is 1.53. The van der Waals surface area contributed by atoms with Crippen molar-refractivity contribution in [3.63, 3.8) is 0 Å². The molecule has 0 spiro atoms. The van der Waals surface area contributed by atoms with Crippen molar-refractivity contribution >= 4 is 32.2 Å². The monoisotopic (exact) mass is 656 g/mol. The number of ether oxygens (including phenoxy) is 1. The van der Waals surface area contributed by atoms with Crippen molar-refractivity contribution in [2.75, 3.05) is 23.8 Å². The number of piperidine rings is 1. The third kappa shape index (κ3) is 8.10. The number of halogens is 5. The second-order valence-electron chi connectivity index (χ2n) is 10.2. The van der Waals surface area contributed by atoms with Crippen molar-refractivity contribution in [3.05, 3.63) is 76.3 Å². The normalized spacial score (nSPS) is 18.2. The van der Waals surface area contributed by atoms with Crippen molar-refractivity contribution in [2.45, 2.75) is 61.9 Å². The highest BCUT2D eigenvalue weighted by Crippen LogP contribution is 2.37. The molecule has 44 heavy (non-hydrogen) atoms. The number of nitriles is 1. The summed E-state index contributed by atoms with van der Waals surface area (Å²) in [7, 11) is -3.43. The Hall–Kier alpha value is -3.61. The summed E-state index contributed by atoms with van der Waals surface area (Å²) in [6.07, 6.45) is -2.33. The van der Waals surface area contributed by atoms with Crippen LogP contribution >= 0.6 is 11.3 Å². The summed E-state index contributed by atoms with van der Waals surface area (Å²) in [5.74, 6) is -0.841. The molecule has 0 radical (unpaired) electrons. The first-order chi connectivity index (χ1) is 20.8. The van der Waals surface area contributed by atoms with Gasteiger partial charge in [-0.3, -0.25) is 4.79 Å². The maximum atomic E-state index is 13.2. The van der Waals surface area contributed by atoms with Gasteiger partial charge in [0.1, 0.15) is 4.88 Å². The van der Waals surface area contributed by atoms with E-state index < -0.39 is 46.2 Å². The topological polar surface area (TPSA) is 112 Å². The predicted octanol–water partition coefficient (Wildman–Crippen LogP) is 6.33. The second-order valence-corrected chi connectivity index (χ2v) is 13.4. The van der Waals surface area contributed by atoms with E-state index in [-0.39, 0.29) is 41.0 Å². The number of hydrogen-bond donors (Lipinski definition) is 1. The van der Waals surface area contributed by atoms with Crippen molar-refractivity contribution in [1.29, 1.82) is 5.26 Å². The minimum atomic E-state index is -4.47. The summed E-state index contributed by atoms with van der Waals surface area (Å²) in [5.41, 5.74) is 0.409. The van der Waals surface area contributed by atoms with Crippen LogP contribution in [0.3, 0.4) is 0 Å². The van der Waals surface area contributed by atoms with Crippen LogP contribution in [0, 0.1) is 11.3 Å². The Morgan fingerprint density at radius 2 is 1.84 bits per heavy atom. The standard InChI is InChI=1S/C29H29F5N4O4S2/c1-2-44(40,41)23-11-6-19(7-12-23)24(13-14-35)37-26(39)25-15-36-28(43-25)38-16-20(5-10-22(38)17-42-27(30)31)18-3-8-21(9-4-18)29(32,33)34/h3-4,6-9,11-12,15,20,22,24,27H,2,5,10,13,16-17H2,1H3,(H,37,39)/t20-,22-,24-/m0/s1. The number of hydrogen-bond acceptors (Lipinski definition) is 8. The molecule has 2 heterocycles. The lowest BCUT2D eigenvalue weighted by molar-refractivity contribution is -0.137. The Labute approximate surface area is 255 Å². The SMILES string of the molecule is CCS(=O)(=O)c1ccc([C@H](CC#N)NC(=O)c2cnc(N3C[C@@H](c4ccc(C(F)(F)F)cc4)CC[C@H]3COC(F)F)s2)cc1. The van der Waals surface area contributed by atoms with E-state index in [4.69, 9.17) is 0 Å². The highest BCUT2D eigenvalue weighted by atomic mass is 32.2. The number of carbonyl (C=O) groups excluding carboxylic acids is 1. The number of nitrogens with zero attached hydrogens (tertiary/aromatic N) is 3. The van der Waals surface area contributed by atoms with Crippen LogP contribution < -0.4 is 10.2 Å². The maximum absolute atomic E-state index is 13.2. The molecule has 0 saturated carbocycles. The molecule has 15 heteroatoms. The number of carbonyl (C=O) groups is 1. The first-order valence-corrected chi connectivity index (χ1v) is 16.1. The lowest BCUT2D eigenvalue weighted by atomic mass is 9.87. The van der Waals surface area contributed by atoms with Crippen LogP contribution in [0.4, 0.5) is 27.1 Å². The molecule has 1 aromatic heterocycles. The summed E-state index contributed by atoms with van der Waals surface area (Å²) in [4.78, 5) is 19.6. The molecule has 1 saturated heterocycles. The molecule has 4 rings (SSSR count). The molecule has 1 fully saturated rings. The number of benzene rings is 2. The van der Waals surface area contributed by atoms with Gasteiger partial charge in [0.05, 0.1) is 53.6 Å². The summed E-state index contributed by atoms with van der Waals surface area (Å²) >= 11 is 1.00. The second kappa shape index (κ2) is 14.0. The first-order valence-electron chi connectivity index (χ1n) is 13.6. The summed E-state index contributed by atoms with van der Waals surface area (Å²) in [6.45, 7) is -1.53. The fourth-order valence-corrected chi connectivity index (χ4v) is 6.77. The van der Waals surface area contributed by atoms with Gasteiger partial charge >= 0.3 is 12.8 Å². The van der Waals surface area contributed by atoms with E-state index in [1.54, 1.807) is 4.90 Å². The Morgan fingerprint density at radius 1 is 1.16 bits per heavy atom. The van der Waals surface area contributed by atoms with Crippen LogP contribution in [-0.2, 0) is 20.8 Å². The minimum absolute atomic E-state index is 0.0738. The zero-order chi connectivity index (χ0) is 32.1. The number of alkyl halides is 5. The molecular weight excluding hydrogens is 627 g/mol. The summed E-state index contributed by atoms with van der Waals surface area (Å²) in [6, 6.07) is 11.5. The van der Waals surface area contributed by atoms with Crippen molar-refractivity contribution in [2.24, 2.45) is 0 Å².